The lowest BCUT2D eigenvalue weighted by Crippen LogP contribution is -2.41. The van der Waals surface area contributed by atoms with E-state index in [1.807, 2.05) is 0 Å². The average molecular weight is 303 g/mol. The largest absolute Gasteiger partial charge is 0.480 e. The molecule has 1 fully saturated rings. The first-order valence-electron chi connectivity index (χ1n) is 6.25. The van der Waals surface area contributed by atoms with Crippen LogP contribution in [-0.2, 0) is 19.6 Å². The molecule has 0 aromatic carbocycles. The molecule has 1 aliphatic heterocycles. The monoisotopic (exact) mass is 303 g/mol. The van der Waals surface area contributed by atoms with E-state index in [0.717, 1.165) is 0 Å². The van der Waals surface area contributed by atoms with E-state index in [1.165, 1.54) is 10.5 Å². The van der Waals surface area contributed by atoms with E-state index in [1.54, 1.807) is 6.92 Å². The fraction of sp³-hybridized carbons (Fsp3) is 0.636. The summed E-state index contributed by atoms with van der Waals surface area (Å²) in [6.07, 6.45) is 2.07. The van der Waals surface area contributed by atoms with Crippen LogP contribution in [0.3, 0.4) is 0 Å². The molecule has 2 rings (SSSR count). The first-order chi connectivity index (χ1) is 9.39. The van der Waals surface area contributed by atoms with E-state index in [-0.39, 0.29) is 17.7 Å². The number of aliphatic carboxylic acids is 1. The second kappa shape index (κ2) is 5.90. The van der Waals surface area contributed by atoms with Gasteiger partial charge in [-0.25, -0.2) is 18.2 Å². The third kappa shape index (κ3) is 3.35. The number of aryl methyl sites for hydroxylation is 1. The molecule has 112 valence electrons. The molecule has 0 atom stereocenters. The van der Waals surface area contributed by atoms with Gasteiger partial charge in [0, 0.05) is 13.1 Å². The molecular weight excluding hydrogens is 286 g/mol. The van der Waals surface area contributed by atoms with Crippen molar-refractivity contribution in [2.45, 2.75) is 30.9 Å². The number of hydrogen-bond donors (Lipinski definition) is 2. The lowest BCUT2D eigenvalue weighted by atomic mass is 10.1. The first kappa shape index (κ1) is 14.9. The molecule has 0 amide bonds. The van der Waals surface area contributed by atoms with Crippen molar-refractivity contribution in [3.05, 3.63) is 12.0 Å². The average Bonchev–Trinajstić information content (AvgIpc) is 2.84. The molecule has 2 N–H and O–H groups in total. The van der Waals surface area contributed by atoms with Crippen LogP contribution in [-0.4, -0.2) is 59.6 Å². The van der Waals surface area contributed by atoms with Crippen molar-refractivity contribution in [2.75, 3.05) is 19.7 Å². The number of carboxylic acid groups (broad SMARTS) is 1. The molecule has 0 saturated carbocycles. The van der Waals surface area contributed by atoms with E-state index >= 15 is 0 Å². The number of rotatable bonds is 5. The van der Waals surface area contributed by atoms with Crippen LogP contribution in [0.25, 0.3) is 0 Å². The maximum Gasteiger partial charge on any atom is 0.329 e. The van der Waals surface area contributed by atoms with E-state index in [4.69, 9.17) is 9.84 Å². The molecule has 1 aliphatic rings. The van der Waals surface area contributed by atoms with Gasteiger partial charge in [0.15, 0.2) is 5.03 Å². The van der Waals surface area contributed by atoms with Crippen molar-refractivity contribution in [1.29, 1.82) is 0 Å². The topological polar surface area (TPSA) is 113 Å². The molecule has 1 aromatic rings. The molecule has 20 heavy (non-hydrogen) atoms. The van der Waals surface area contributed by atoms with Crippen LogP contribution in [0, 0.1) is 6.92 Å². The number of H-pyrrole nitrogens is 1. The SMILES string of the molecule is Cc1ncc(S(=O)(=O)N2CCC(OCC(=O)O)CC2)[nH]1. The summed E-state index contributed by atoms with van der Waals surface area (Å²) in [5, 5.41) is 8.62. The van der Waals surface area contributed by atoms with Crippen LogP contribution in [0.5, 0.6) is 0 Å². The molecule has 0 spiro atoms. The Bertz CT molecular complexity index is 575. The van der Waals surface area contributed by atoms with E-state index in [2.05, 4.69) is 9.97 Å². The highest BCUT2D eigenvalue weighted by molar-refractivity contribution is 7.89. The number of hydrogen-bond acceptors (Lipinski definition) is 5. The van der Waals surface area contributed by atoms with Crippen LogP contribution >= 0.6 is 0 Å². The van der Waals surface area contributed by atoms with E-state index in [0.29, 0.717) is 31.8 Å². The molecule has 0 radical (unpaired) electrons. The Kier molecular flexibility index (Phi) is 4.41. The fourth-order valence-electron chi connectivity index (χ4n) is 2.10. The molecule has 1 aromatic heterocycles. The van der Waals surface area contributed by atoms with Gasteiger partial charge in [0.1, 0.15) is 12.4 Å². The standard InChI is InChI=1S/C11H17N3O5S/c1-8-12-6-10(13-8)20(17,18)14-4-2-9(3-5-14)19-7-11(15)16/h6,9H,2-5,7H2,1H3,(H,12,13)(H,15,16). The van der Waals surface area contributed by atoms with Crippen LogP contribution in [0.1, 0.15) is 18.7 Å². The second-order valence-corrected chi connectivity index (χ2v) is 6.55. The number of aromatic amines is 1. The number of piperidine rings is 1. The maximum atomic E-state index is 12.3. The molecule has 2 heterocycles. The van der Waals surface area contributed by atoms with Gasteiger partial charge < -0.3 is 14.8 Å². The smallest absolute Gasteiger partial charge is 0.329 e. The summed E-state index contributed by atoms with van der Waals surface area (Å²) in [6.45, 7) is 1.96. The lowest BCUT2D eigenvalue weighted by Gasteiger charge is -2.30. The van der Waals surface area contributed by atoms with Gasteiger partial charge in [0.05, 0.1) is 12.3 Å². The normalized spacial score (nSPS) is 18.2. The number of ether oxygens (including phenoxy) is 1. The van der Waals surface area contributed by atoms with Crippen molar-refractivity contribution in [3.63, 3.8) is 0 Å². The minimum absolute atomic E-state index is 0.0832. The number of imidazole rings is 1. The Morgan fingerprint density at radius 2 is 2.20 bits per heavy atom. The second-order valence-electron chi connectivity index (χ2n) is 4.64. The van der Waals surface area contributed by atoms with E-state index in [9.17, 15) is 13.2 Å². The van der Waals surface area contributed by atoms with Crippen LogP contribution in [0.2, 0.25) is 0 Å². The zero-order valence-electron chi connectivity index (χ0n) is 11.1. The molecule has 1 saturated heterocycles. The number of sulfonamides is 1. The van der Waals surface area contributed by atoms with Crippen molar-refractivity contribution in [3.8, 4) is 0 Å². The Balaban J connectivity index is 1.95. The summed E-state index contributed by atoms with van der Waals surface area (Å²) in [6, 6.07) is 0. The lowest BCUT2D eigenvalue weighted by molar-refractivity contribution is -0.145. The highest BCUT2D eigenvalue weighted by Gasteiger charge is 2.31. The van der Waals surface area contributed by atoms with Gasteiger partial charge in [-0.3, -0.25) is 0 Å². The number of aromatic nitrogens is 2. The van der Waals surface area contributed by atoms with Gasteiger partial charge in [-0.1, -0.05) is 0 Å². The summed E-state index contributed by atoms with van der Waals surface area (Å²) in [5.74, 6) is -0.476. The number of carboxylic acids is 1. The number of carbonyl (C=O) groups is 1. The Hall–Kier alpha value is -1.45. The summed E-state index contributed by atoms with van der Waals surface area (Å²) in [7, 11) is -3.55. The minimum Gasteiger partial charge on any atom is -0.480 e. The number of nitrogens with one attached hydrogen (secondary N) is 1. The van der Waals surface area contributed by atoms with Gasteiger partial charge in [-0.2, -0.15) is 4.31 Å². The first-order valence-corrected chi connectivity index (χ1v) is 7.69. The Morgan fingerprint density at radius 1 is 1.55 bits per heavy atom. The summed E-state index contributed by atoms with van der Waals surface area (Å²) >= 11 is 0. The maximum absolute atomic E-state index is 12.3. The van der Waals surface area contributed by atoms with Crippen LogP contribution in [0.15, 0.2) is 11.2 Å². The van der Waals surface area contributed by atoms with Gasteiger partial charge in [0.25, 0.3) is 10.0 Å². The fourth-order valence-corrected chi connectivity index (χ4v) is 3.53. The summed E-state index contributed by atoms with van der Waals surface area (Å²) in [5.41, 5.74) is 0. The van der Waals surface area contributed by atoms with Crippen molar-refractivity contribution in [1.82, 2.24) is 14.3 Å². The number of nitrogens with zero attached hydrogens (tertiary/aromatic N) is 2. The highest BCUT2D eigenvalue weighted by atomic mass is 32.2. The predicted molar refractivity (Wildman–Crippen MR) is 68.7 cm³/mol. The third-order valence-electron chi connectivity index (χ3n) is 3.14. The van der Waals surface area contributed by atoms with Gasteiger partial charge in [0.2, 0.25) is 0 Å². The molecule has 0 unspecified atom stereocenters. The molecule has 8 nitrogen and oxygen atoms in total. The van der Waals surface area contributed by atoms with Crippen molar-refractivity contribution < 1.29 is 23.1 Å². The third-order valence-corrected chi connectivity index (χ3v) is 4.95. The van der Waals surface area contributed by atoms with Crippen LogP contribution < -0.4 is 0 Å². The van der Waals surface area contributed by atoms with Crippen LogP contribution in [0.4, 0.5) is 0 Å². The zero-order chi connectivity index (χ0) is 14.8. The van der Waals surface area contributed by atoms with Gasteiger partial charge in [-0.15, -0.1) is 0 Å². The van der Waals surface area contributed by atoms with Gasteiger partial charge in [-0.05, 0) is 19.8 Å². The van der Waals surface area contributed by atoms with Crippen molar-refractivity contribution >= 4 is 16.0 Å². The molecule has 9 heteroatoms. The summed E-state index contributed by atoms with van der Waals surface area (Å²) < 4.78 is 31.1. The summed E-state index contributed by atoms with van der Waals surface area (Å²) in [4.78, 5) is 17.0. The quantitative estimate of drug-likeness (QED) is 0.790. The van der Waals surface area contributed by atoms with Gasteiger partial charge >= 0.3 is 5.97 Å². The molecular formula is C11H17N3O5S. The zero-order valence-corrected chi connectivity index (χ0v) is 11.9. The molecule has 0 aliphatic carbocycles. The highest BCUT2D eigenvalue weighted by Crippen LogP contribution is 2.20. The molecule has 0 bridgehead atoms. The van der Waals surface area contributed by atoms with Crippen molar-refractivity contribution in [2.24, 2.45) is 0 Å². The predicted octanol–water partition coefficient (Wildman–Crippen LogP) is -0.0276. The Morgan fingerprint density at radius 3 is 2.70 bits per heavy atom. The Labute approximate surface area is 116 Å². The minimum atomic E-state index is -3.55. The van der Waals surface area contributed by atoms with E-state index < -0.39 is 16.0 Å².